The van der Waals surface area contributed by atoms with Crippen molar-refractivity contribution in [1.29, 1.82) is 0 Å². The molecule has 1 aliphatic heterocycles. The fraction of sp³-hybridized carbons (Fsp3) is 0.357. The molecule has 3 rings (SSSR count). The molecule has 0 radical (unpaired) electrons. The Morgan fingerprint density at radius 1 is 1.50 bits per heavy atom. The third-order valence-corrected chi connectivity index (χ3v) is 5.32. The lowest BCUT2D eigenvalue weighted by atomic mass is 10.0. The summed E-state index contributed by atoms with van der Waals surface area (Å²) in [6, 6.07) is 5.86. The molecule has 22 heavy (non-hydrogen) atoms. The molecule has 1 amide bonds. The first-order valence-electron chi connectivity index (χ1n) is 6.86. The molecule has 0 saturated heterocycles. The second kappa shape index (κ2) is 6.53. The lowest BCUT2D eigenvalue weighted by molar-refractivity contribution is -0.116. The van der Waals surface area contributed by atoms with Crippen LogP contribution in [0.3, 0.4) is 0 Å². The Bertz CT molecular complexity index is 689. The number of fused-ring (bicyclic) bond motifs is 1. The maximum absolute atomic E-state index is 12.5. The second-order valence-electron chi connectivity index (χ2n) is 4.84. The number of anilines is 2. The molecule has 0 unspecified atom stereocenters. The summed E-state index contributed by atoms with van der Waals surface area (Å²) in [5.41, 5.74) is 7.68. The average Bonchev–Trinajstić information content (AvgIpc) is 2.97. The quantitative estimate of drug-likeness (QED) is 0.862. The van der Waals surface area contributed by atoms with Gasteiger partial charge in [-0.25, -0.2) is 0 Å². The van der Waals surface area contributed by atoms with Crippen molar-refractivity contribution in [3.63, 3.8) is 0 Å². The van der Waals surface area contributed by atoms with Crippen LogP contribution in [0, 0.1) is 0 Å². The zero-order chi connectivity index (χ0) is 15.5. The zero-order valence-electron chi connectivity index (χ0n) is 12.1. The largest absolute Gasteiger partial charge is 0.497 e. The van der Waals surface area contributed by atoms with E-state index in [-0.39, 0.29) is 5.91 Å². The minimum Gasteiger partial charge on any atom is -0.497 e. The molecule has 0 saturated carbocycles. The number of hydrogen-bond donors (Lipinski definition) is 1. The van der Waals surface area contributed by atoms with Crippen molar-refractivity contribution in [3.8, 4) is 5.75 Å². The van der Waals surface area contributed by atoms with E-state index in [9.17, 15) is 4.79 Å². The predicted octanol–water partition coefficient (Wildman–Crippen LogP) is 2.20. The summed E-state index contributed by atoms with van der Waals surface area (Å²) in [5, 5.41) is 8.09. The van der Waals surface area contributed by atoms with Crippen molar-refractivity contribution < 1.29 is 9.53 Å². The topological polar surface area (TPSA) is 81.3 Å². The zero-order valence-corrected chi connectivity index (χ0v) is 13.7. The highest BCUT2D eigenvalue weighted by molar-refractivity contribution is 8.01. The third-order valence-electron chi connectivity index (χ3n) is 3.45. The number of rotatable bonds is 4. The van der Waals surface area contributed by atoms with E-state index >= 15 is 0 Å². The van der Waals surface area contributed by atoms with Crippen LogP contribution in [-0.4, -0.2) is 35.5 Å². The molecule has 2 aromatic rings. The van der Waals surface area contributed by atoms with Crippen molar-refractivity contribution in [2.24, 2.45) is 0 Å². The van der Waals surface area contributed by atoms with Crippen LogP contribution in [0.4, 0.5) is 10.8 Å². The van der Waals surface area contributed by atoms with Crippen LogP contribution >= 0.6 is 23.1 Å². The number of carbonyl (C=O) groups is 1. The summed E-state index contributed by atoms with van der Waals surface area (Å²) < 4.78 is 5.97. The molecule has 0 aliphatic carbocycles. The van der Waals surface area contributed by atoms with Crippen LogP contribution in [0.2, 0.25) is 0 Å². The smallest absolute Gasteiger partial charge is 0.237 e. The summed E-state index contributed by atoms with van der Waals surface area (Å²) in [4.78, 5) is 14.3. The number of thioether (sulfide) groups is 1. The van der Waals surface area contributed by atoms with Crippen LogP contribution < -0.4 is 15.4 Å². The van der Waals surface area contributed by atoms with Crippen LogP contribution in [-0.2, 0) is 11.2 Å². The minimum absolute atomic E-state index is 0.0740. The van der Waals surface area contributed by atoms with Crippen LogP contribution in [0.5, 0.6) is 5.75 Å². The summed E-state index contributed by atoms with van der Waals surface area (Å²) in [5.74, 6) is 1.23. The van der Waals surface area contributed by atoms with Gasteiger partial charge in [0.25, 0.3) is 0 Å². The number of ether oxygens (including phenoxy) is 1. The summed E-state index contributed by atoms with van der Waals surface area (Å²) >= 11 is 2.67. The van der Waals surface area contributed by atoms with Crippen molar-refractivity contribution >= 4 is 39.8 Å². The predicted molar refractivity (Wildman–Crippen MR) is 88.7 cm³/mol. The molecule has 8 heteroatoms. The maximum Gasteiger partial charge on any atom is 0.237 e. The van der Waals surface area contributed by atoms with Gasteiger partial charge in [-0.2, -0.15) is 0 Å². The van der Waals surface area contributed by atoms with Gasteiger partial charge in [0.2, 0.25) is 11.0 Å². The number of amides is 1. The normalized spacial score (nSPS) is 13.8. The molecule has 0 bridgehead atoms. The number of methoxy groups -OCH3 is 1. The maximum atomic E-state index is 12.5. The molecule has 1 aliphatic rings. The molecule has 6 nitrogen and oxygen atoms in total. The highest BCUT2D eigenvalue weighted by Crippen LogP contribution is 2.31. The van der Waals surface area contributed by atoms with E-state index in [1.807, 2.05) is 23.1 Å². The SMILES string of the molecule is COc1ccc2c(c1)CCCN2C(=O)CSc1nnc(N)s1. The van der Waals surface area contributed by atoms with Gasteiger partial charge in [-0.3, -0.25) is 4.79 Å². The second-order valence-corrected chi connectivity index (χ2v) is 7.07. The Balaban J connectivity index is 1.71. The summed E-state index contributed by atoms with van der Waals surface area (Å²) in [6.07, 6.45) is 1.93. The molecule has 0 fully saturated rings. The molecule has 0 spiro atoms. The number of nitrogen functional groups attached to an aromatic ring is 1. The number of aryl methyl sites for hydroxylation is 1. The van der Waals surface area contributed by atoms with E-state index < -0.39 is 0 Å². The molecule has 0 atom stereocenters. The fourth-order valence-electron chi connectivity index (χ4n) is 2.44. The van der Waals surface area contributed by atoms with Crippen molar-refractivity contribution in [2.75, 3.05) is 30.0 Å². The third kappa shape index (κ3) is 3.17. The van der Waals surface area contributed by atoms with Crippen molar-refractivity contribution in [3.05, 3.63) is 23.8 Å². The average molecular weight is 336 g/mol. The first kappa shape index (κ1) is 15.1. The molecule has 1 aromatic carbocycles. The first-order chi connectivity index (χ1) is 10.7. The lowest BCUT2D eigenvalue weighted by Gasteiger charge is -2.29. The van der Waals surface area contributed by atoms with Gasteiger partial charge in [0.1, 0.15) is 5.75 Å². The van der Waals surface area contributed by atoms with Gasteiger partial charge in [-0.1, -0.05) is 23.1 Å². The van der Waals surface area contributed by atoms with Crippen molar-refractivity contribution in [1.82, 2.24) is 10.2 Å². The number of nitrogens with zero attached hydrogens (tertiary/aromatic N) is 3. The Kier molecular flexibility index (Phi) is 4.49. The number of benzene rings is 1. The molecule has 1 aromatic heterocycles. The Morgan fingerprint density at radius 3 is 3.09 bits per heavy atom. The molecule has 2 N–H and O–H groups in total. The van der Waals surface area contributed by atoms with E-state index in [1.54, 1.807) is 7.11 Å². The highest BCUT2D eigenvalue weighted by atomic mass is 32.2. The standard InChI is InChI=1S/C14H16N4O2S2/c1-20-10-4-5-11-9(7-10)3-2-6-18(11)12(19)8-21-14-17-16-13(15)22-14/h4-5,7H,2-3,6,8H2,1H3,(H2,15,16). The Morgan fingerprint density at radius 2 is 2.36 bits per heavy atom. The molecular weight excluding hydrogens is 320 g/mol. The van der Waals surface area contributed by atoms with Gasteiger partial charge in [-0.05, 0) is 36.6 Å². The number of hydrogen-bond acceptors (Lipinski definition) is 7. The van der Waals surface area contributed by atoms with Gasteiger partial charge < -0.3 is 15.4 Å². The first-order valence-corrected chi connectivity index (χ1v) is 8.66. The number of nitrogens with two attached hydrogens (primary N) is 1. The molecular formula is C14H16N4O2S2. The monoisotopic (exact) mass is 336 g/mol. The van der Waals surface area contributed by atoms with E-state index in [4.69, 9.17) is 10.5 Å². The summed E-state index contributed by atoms with van der Waals surface area (Å²) in [6.45, 7) is 0.747. The molecule has 116 valence electrons. The number of carbonyl (C=O) groups excluding carboxylic acids is 1. The highest BCUT2D eigenvalue weighted by Gasteiger charge is 2.23. The van der Waals surface area contributed by atoms with Gasteiger partial charge in [0.15, 0.2) is 4.34 Å². The van der Waals surface area contributed by atoms with Crippen LogP contribution in [0.1, 0.15) is 12.0 Å². The van der Waals surface area contributed by atoms with Crippen molar-refractivity contribution in [2.45, 2.75) is 17.2 Å². The van der Waals surface area contributed by atoms with Gasteiger partial charge >= 0.3 is 0 Å². The lowest BCUT2D eigenvalue weighted by Crippen LogP contribution is -2.36. The van der Waals surface area contributed by atoms with E-state index in [2.05, 4.69) is 10.2 Å². The Hall–Kier alpha value is -1.80. The molecule has 2 heterocycles. The van der Waals surface area contributed by atoms with E-state index in [1.165, 1.54) is 23.1 Å². The minimum atomic E-state index is 0.0740. The van der Waals surface area contributed by atoms with Gasteiger partial charge in [-0.15, -0.1) is 10.2 Å². The summed E-state index contributed by atoms with van der Waals surface area (Å²) in [7, 11) is 1.65. The van der Waals surface area contributed by atoms with E-state index in [0.717, 1.165) is 40.7 Å². The number of aromatic nitrogens is 2. The van der Waals surface area contributed by atoms with Gasteiger partial charge in [0, 0.05) is 12.2 Å². The Labute approximate surface area is 136 Å². The van der Waals surface area contributed by atoms with Gasteiger partial charge in [0.05, 0.1) is 12.9 Å². The van der Waals surface area contributed by atoms with Crippen LogP contribution in [0.15, 0.2) is 22.5 Å². The fourth-order valence-corrected chi connectivity index (χ4v) is 3.95. The van der Waals surface area contributed by atoms with E-state index in [0.29, 0.717) is 10.9 Å². The van der Waals surface area contributed by atoms with Crippen LogP contribution in [0.25, 0.3) is 0 Å².